The summed E-state index contributed by atoms with van der Waals surface area (Å²) >= 11 is 0. The SMILES string of the molecule is CN=C(NCCNC(=O)c1ccccc1)N1CCC(N2CCOCC2)C1. The zero-order valence-corrected chi connectivity index (χ0v) is 15.5. The van der Waals surface area contributed by atoms with Crippen LogP contribution in [0.5, 0.6) is 0 Å². The summed E-state index contributed by atoms with van der Waals surface area (Å²) in [5.74, 6) is 0.866. The summed E-state index contributed by atoms with van der Waals surface area (Å²) < 4.78 is 5.45. The van der Waals surface area contributed by atoms with Gasteiger partial charge in [0.25, 0.3) is 5.91 Å². The average molecular weight is 359 g/mol. The van der Waals surface area contributed by atoms with Gasteiger partial charge in [-0.2, -0.15) is 0 Å². The van der Waals surface area contributed by atoms with Crippen LogP contribution >= 0.6 is 0 Å². The molecule has 2 fully saturated rings. The lowest BCUT2D eigenvalue weighted by Crippen LogP contribution is -2.47. The first-order valence-corrected chi connectivity index (χ1v) is 9.38. The van der Waals surface area contributed by atoms with Crippen LogP contribution in [0.1, 0.15) is 16.8 Å². The number of aliphatic imine (C=N–C) groups is 1. The third-order valence-electron chi connectivity index (χ3n) is 4.97. The second-order valence-electron chi connectivity index (χ2n) is 6.63. The van der Waals surface area contributed by atoms with Crippen molar-refractivity contribution in [3.05, 3.63) is 35.9 Å². The van der Waals surface area contributed by atoms with Gasteiger partial charge in [0, 0.05) is 57.9 Å². The molecule has 0 spiro atoms. The summed E-state index contributed by atoms with van der Waals surface area (Å²) in [6.07, 6.45) is 1.16. The lowest BCUT2D eigenvalue weighted by atomic mass is 10.2. The molecule has 0 radical (unpaired) electrons. The summed E-state index contributed by atoms with van der Waals surface area (Å²) in [4.78, 5) is 21.3. The van der Waals surface area contributed by atoms with E-state index in [0.717, 1.165) is 51.8 Å². The highest BCUT2D eigenvalue weighted by Gasteiger charge is 2.30. The zero-order chi connectivity index (χ0) is 18.2. The average Bonchev–Trinajstić information content (AvgIpc) is 3.19. The highest BCUT2D eigenvalue weighted by atomic mass is 16.5. The molecular weight excluding hydrogens is 330 g/mol. The number of benzene rings is 1. The van der Waals surface area contributed by atoms with Crippen molar-refractivity contribution in [3.63, 3.8) is 0 Å². The van der Waals surface area contributed by atoms with Crippen LogP contribution in [0.3, 0.4) is 0 Å². The van der Waals surface area contributed by atoms with Crippen LogP contribution in [-0.2, 0) is 4.74 Å². The van der Waals surface area contributed by atoms with Crippen molar-refractivity contribution in [1.82, 2.24) is 20.4 Å². The first-order chi connectivity index (χ1) is 12.8. The van der Waals surface area contributed by atoms with Gasteiger partial charge in [0.15, 0.2) is 5.96 Å². The molecule has 3 rings (SSSR count). The van der Waals surface area contributed by atoms with E-state index in [-0.39, 0.29) is 5.91 Å². The van der Waals surface area contributed by atoms with Crippen LogP contribution in [0.4, 0.5) is 0 Å². The van der Waals surface area contributed by atoms with E-state index in [1.807, 2.05) is 37.4 Å². The van der Waals surface area contributed by atoms with E-state index in [0.29, 0.717) is 24.7 Å². The fraction of sp³-hybridized carbons (Fsp3) is 0.579. The van der Waals surface area contributed by atoms with E-state index in [4.69, 9.17) is 4.74 Å². The molecule has 1 atom stereocenters. The van der Waals surface area contributed by atoms with E-state index < -0.39 is 0 Å². The highest BCUT2D eigenvalue weighted by Crippen LogP contribution is 2.16. The van der Waals surface area contributed by atoms with Gasteiger partial charge in [-0.15, -0.1) is 0 Å². The van der Waals surface area contributed by atoms with Crippen molar-refractivity contribution in [1.29, 1.82) is 0 Å². The Kier molecular flexibility index (Phi) is 6.85. The second kappa shape index (κ2) is 9.54. The Balaban J connectivity index is 1.39. The first kappa shape index (κ1) is 18.7. The van der Waals surface area contributed by atoms with Crippen molar-refractivity contribution in [2.75, 3.05) is 59.5 Å². The number of carbonyl (C=O) groups is 1. The Labute approximate surface area is 155 Å². The summed E-state index contributed by atoms with van der Waals surface area (Å²) in [6.45, 7) is 6.95. The van der Waals surface area contributed by atoms with Crippen molar-refractivity contribution in [2.24, 2.45) is 4.99 Å². The topological polar surface area (TPSA) is 69.2 Å². The van der Waals surface area contributed by atoms with Crippen LogP contribution in [-0.4, -0.2) is 87.2 Å². The summed E-state index contributed by atoms with van der Waals surface area (Å²) in [7, 11) is 1.81. The molecule has 0 aromatic heterocycles. The normalized spacial score (nSPS) is 21.7. The number of hydrogen-bond acceptors (Lipinski definition) is 4. The Morgan fingerprint density at radius 2 is 1.88 bits per heavy atom. The number of rotatable bonds is 5. The highest BCUT2D eigenvalue weighted by molar-refractivity contribution is 5.94. The number of nitrogens with one attached hydrogen (secondary N) is 2. The van der Waals surface area contributed by atoms with Gasteiger partial charge < -0.3 is 20.3 Å². The van der Waals surface area contributed by atoms with Crippen molar-refractivity contribution >= 4 is 11.9 Å². The smallest absolute Gasteiger partial charge is 0.251 e. The number of nitrogens with zero attached hydrogens (tertiary/aromatic N) is 3. The Hall–Kier alpha value is -2.12. The zero-order valence-electron chi connectivity index (χ0n) is 15.5. The number of ether oxygens (including phenoxy) is 1. The van der Waals surface area contributed by atoms with Gasteiger partial charge in [-0.05, 0) is 18.6 Å². The fourth-order valence-electron chi connectivity index (χ4n) is 3.55. The van der Waals surface area contributed by atoms with Gasteiger partial charge in [-0.25, -0.2) is 0 Å². The molecule has 2 saturated heterocycles. The van der Waals surface area contributed by atoms with E-state index in [1.54, 1.807) is 0 Å². The summed E-state index contributed by atoms with van der Waals surface area (Å²) in [5, 5.41) is 6.29. The maximum atomic E-state index is 12.0. The molecule has 1 amide bonds. The molecule has 2 aliphatic heterocycles. The maximum Gasteiger partial charge on any atom is 0.251 e. The molecule has 0 saturated carbocycles. The van der Waals surface area contributed by atoms with E-state index in [2.05, 4.69) is 25.4 Å². The quantitative estimate of drug-likeness (QED) is 0.452. The fourth-order valence-corrected chi connectivity index (χ4v) is 3.55. The maximum absolute atomic E-state index is 12.0. The van der Waals surface area contributed by atoms with Crippen molar-refractivity contribution < 1.29 is 9.53 Å². The van der Waals surface area contributed by atoms with Crippen LogP contribution < -0.4 is 10.6 Å². The summed E-state index contributed by atoms with van der Waals surface area (Å²) in [5.41, 5.74) is 0.685. The molecule has 1 unspecified atom stereocenters. The van der Waals surface area contributed by atoms with Crippen LogP contribution in [0.2, 0.25) is 0 Å². The molecule has 0 aliphatic carbocycles. The third-order valence-corrected chi connectivity index (χ3v) is 4.97. The molecule has 2 N–H and O–H groups in total. The van der Waals surface area contributed by atoms with Crippen molar-refractivity contribution in [2.45, 2.75) is 12.5 Å². The molecule has 0 bridgehead atoms. The predicted molar refractivity (Wildman–Crippen MR) is 103 cm³/mol. The lowest BCUT2D eigenvalue weighted by molar-refractivity contribution is 0.0195. The molecule has 2 heterocycles. The van der Waals surface area contributed by atoms with Crippen LogP contribution in [0, 0.1) is 0 Å². The minimum Gasteiger partial charge on any atom is -0.379 e. The van der Waals surface area contributed by atoms with E-state index in [9.17, 15) is 4.79 Å². The van der Waals surface area contributed by atoms with Gasteiger partial charge in [-0.1, -0.05) is 18.2 Å². The molecule has 7 heteroatoms. The molecule has 1 aromatic rings. The third kappa shape index (κ3) is 4.95. The van der Waals surface area contributed by atoms with Gasteiger partial charge in [0.05, 0.1) is 13.2 Å². The van der Waals surface area contributed by atoms with Crippen molar-refractivity contribution in [3.8, 4) is 0 Å². The largest absolute Gasteiger partial charge is 0.379 e. The van der Waals surface area contributed by atoms with E-state index >= 15 is 0 Å². The second-order valence-corrected chi connectivity index (χ2v) is 6.63. The Morgan fingerprint density at radius 1 is 1.15 bits per heavy atom. The van der Waals surface area contributed by atoms with Crippen LogP contribution in [0.15, 0.2) is 35.3 Å². The number of amides is 1. The molecule has 1 aromatic carbocycles. The van der Waals surface area contributed by atoms with Gasteiger partial charge in [0.1, 0.15) is 0 Å². The van der Waals surface area contributed by atoms with Gasteiger partial charge in [0.2, 0.25) is 0 Å². The molecule has 142 valence electrons. The predicted octanol–water partition coefficient (Wildman–Crippen LogP) is 0.398. The molecule has 26 heavy (non-hydrogen) atoms. The molecular formula is C19H29N5O2. The van der Waals surface area contributed by atoms with Gasteiger partial charge >= 0.3 is 0 Å². The number of carbonyl (C=O) groups excluding carboxylic acids is 1. The van der Waals surface area contributed by atoms with Gasteiger partial charge in [-0.3, -0.25) is 14.7 Å². The standard InChI is InChI=1S/C19H29N5O2/c1-20-19(22-9-8-21-18(25)16-5-3-2-4-6-16)24-10-7-17(15-24)23-11-13-26-14-12-23/h2-6,17H,7-15H2,1H3,(H,20,22)(H,21,25). The number of morpholine rings is 1. The number of hydrogen-bond donors (Lipinski definition) is 2. The van der Waals surface area contributed by atoms with Crippen LogP contribution in [0.25, 0.3) is 0 Å². The minimum atomic E-state index is -0.0454. The monoisotopic (exact) mass is 359 g/mol. The molecule has 7 nitrogen and oxygen atoms in total. The Bertz CT molecular complexity index is 601. The first-order valence-electron chi connectivity index (χ1n) is 9.38. The van der Waals surface area contributed by atoms with E-state index in [1.165, 1.54) is 0 Å². The number of likely N-dealkylation sites (tertiary alicyclic amines) is 1. The minimum absolute atomic E-state index is 0.0454. The molecule has 2 aliphatic rings. The summed E-state index contributed by atoms with van der Waals surface area (Å²) in [6, 6.07) is 9.86. The Morgan fingerprint density at radius 3 is 2.62 bits per heavy atom. The number of guanidine groups is 1. The lowest BCUT2D eigenvalue weighted by Gasteiger charge is -2.32.